The van der Waals surface area contributed by atoms with Crippen LogP contribution >= 0.6 is 0 Å². The van der Waals surface area contributed by atoms with E-state index in [1.807, 2.05) is 68.2 Å². The fourth-order valence-electron chi connectivity index (χ4n) is 4.27. The summed E-state index contributed by atoms with van der Waals surface area (Å²) in [6, 6.07) is 22.6. The molecule has 5 aromatic rings. The SMILES string of the molecule is COc1cc2c(-c3ccc(N(C)C)cc3)nc3c(c(C)nn3-c3ccccc3)c2cc1OC. The normalized spacial score (nSPS) is 11.2. The molecule has 0 aliphatic heterocycles. The summed E-state index contributed by atoms with van der Waals surface area (Å²) >= 11 is 0. The van der Waals surface area contributed by atoms with Crippen LogP contribution in [0.25, 0.3) is 38.8 Å². The fourth-order valence-corrected chi connectivity index (χ4v) is 4.27. The number of para-hydroxylation sites is 1. The second kappa shape index (κ2) is 8.13. The Hall–Kier alpha value is -4.06. The van der Waals surface area contributed by atoms with E-state index in [4.69, 9.17) is 19.6 Å². The Morgan fingerprint density at radius 1 is 0.818 bits per heavy atom. The van der Waals surface area contributed by atoms with Crippen LogP contribution in [0.5, 0.6) is 11.5 Å². The smallest absolute Gasteiger partial charge is 0.164 e. The van der Waals surface area contributed by atoms with E-state index < -0.39 is 0 Å². The summed E-state index contributed by atoms with van der Waals surface area (Å²) in [6.07, 6.45) is 0. The first-order valence-electron chi connectivity index (χ1n) is 10.8. The second-order valence-corrected chi connectivity index (χ2v) is 8.19. The van der Waals surface area contributed by atoms with Gasteiger partial charge in [0.05, 0.1) is 36.7 Å². The van der Waals surface area contributed by atoms with Crippen molar-refractivity contribution in [3.8, 4) is 28.4 Å². The Kier molecular flexibility index (Phi) is 5.13. The molecule has 2 heterocycles. The molecule has 0 aliphatic carbocycles. The van der Waals surface area contributed by atoms with E-state index in [-0.39, 0.29) is 0 Å². The number of nitrogens with zero attached hydrogens (tertiary/aromatic N) is 4. The Labute approximate surface area is 193 Å². The Morgan fingerprint density at radius 2 is 1.45 bits per heavy atom. The van der Waals surface area contributed by atoms with Gasteiger partial charge in [0, 0.05) is 36.1 Å². The van der Waals surface area contributed by atoms with Crippen molar-refractivity contribution in [3.63, 3.8) is 0 Å². The number of pyridine rings is 1. The van der Waals surface area contributed by atoms with Gasteiger partial charge in [0.25, 0.3) is 0 Å². The van der Waals surface area contributed by atoms with Gasteiger partial charge in [-0.1, -0.05) is 30.3 Å². The molecular weight excluding hydrogens is 412 g/mol. The van der Waals surface area contributed by atoms with Crippen LogP contribution in [-0.2, 0) is 0 Å². The zero-order valence-corrected chi connectivity index (χ0v) is 19.5. The summed E-state index contributed by atoms with van der Waals surface area (Å²) in [5.74, 6) is 1.35. The fraction of sp³-hybridized carbons (Fsp3) is 0.185. The lowest BCUT2D eigenvalue weighted by Crippen LogP contribution is -2.08. The standard InChI is InChI=1S/C27H26N4O2/c1-17-25-21-15-23(32-4)24(33-5)16-22(21)26(18-11-13-19(14-12-18)30(2)3)28-27(25)31(29-17)20-9-7-6-8-10-20/h6-16H,1-5H3. The van der Waals surface area contributed by atoms with Crippen LogP contribution in [0, 0.1) is 6.92 Å². The largest absolute Gasteiger partial charge is 0.493 e. The number of hydrogen-bond donors (Lipinski definition) is 0. The predicted octanol–water partition coefficient (Wildman–Crippen LogP) is 5.63. The lowest BCUT2D eigenvalue weighted by molar-refractivity contribution is 0.356. The Morgan fingerprint density at radius 3 is 2.06 bits per heavy atom. The second-order valence-electron chi connectivity index (χ2n) is 8.19. The van der Waals surface area contributed by atoms with Gasteiger partial charge in [-0.15, -0.1) is 0 Å². The molecule has 0 N–H and O–H groups in total. The van der Waals surface area contributed by atoms with E-state index in [1.165, 1.54) is 0 Å². The third-order valence-electron chi connectivity index (χ3n) is 5.96. The average molecular weight is 439 g/mol. The van der Waals surface area contributed by atoms with E-state index in [0.717, 1.165) is 50.1 Å². The van der Waals surface area contributed by atoms with Crippen LogP contribution in [0.4, 0.5) is 5.69 Å². The highest BCUT2D eigenvalue weighted by Gasteiger charge is 2.20. The van der Waals surface area contributed by atoms with E-state index in [1.54, 1.807) is 14.2 Å². The van der Waals surface area contributed by atoms with Crippen molar-refractivity contribution >= 4 is 27.5 Å². The van der Waals surface area contributed by atoms with Gasteiger partial charge in [0.2, 0.25) is 0 Å². The summed E-state index contributed by atoms with van der Waals surface area (Å²) in [5, 5.41) is 7.88. The van der Waals surface area contributed by atoms with Crippen LogP contribution in [0.1, 0.15) is 5.69 Å². The van der Waals surface area contributed by atoms with Gasteiger partial charge in [-0.3, -0.25) is 0 Å². The molecule has 0 saturated carbocycles. The van der Waals surface area contributed by atoms with Gasteiger partial charge in [0.15, 0.2) is 17.1 Å². The Bertz CT molecular complexity index is 1460. The molecule has 0 spiro atoms. The van der Waals surface area contributed by atoms with E-state index in [0.29, 0.717) is 11.5 Å². The monoisotopic (exact) mass is 438 g/mol. The van der Waals surface area contributed by atoms with Crippen LogP contribution in [0.3, 0.4) is 0 Å². The van der Waals surface area contributed by atoms with Gasteiger partial charge in [-0.2, -0.15) is 5.10 Å². The molecule has 0 saturated heterocycles. The molecule has 0 atom stereocenters. The first-order valence-corrected chi connectivity index (χ1v) is 10.8. The zero-order chi connectivity index (χ0) is 23.1. The molecular formula is C27H26N4O2. The first-order chi connectivity index (χ1) is 16.0. The molecule has 0 radical (unpaired) electrons. The minimum absolute atomic E-state index is 0.672. The topological polar surface area (TPSA) is 52.4 Å². The van der Waals surface area contributed by atoms with Crippen molar-refractivity contribution in [1.29, 1.82) is 0 Å². The number of benzene rings is 3. The van der Waals surface area contributed by atoms with Crippen LogP contribution in [0.15, 0.2) is 66.7 Å². The van der Waals surface area contributed by atoms with Gasteiger partial charge < -0.3 is 14.4 Å². The van der Waals surface area contributed by atoms with Crippen LogP contribution in [0.2, 0.25) is 0 Å². The minimum atomic E-state index is 0.672. The minimum Gasteiger partial charge on any atom is -0.493 e. The molecule has 0 bridgehead atoms. The average Bonchev–Trinajstić information content (AvgIpc) is 3.19. The molecule has 0 aliphatic rings. The number of aromatic nitrogens is 3. The number of aryl methyl sites for hydroxylation is 1. The summed E-state index contributed by atoms with van der Waals surface area (Å²) < 4.78 is 13.2. The highest BCUT2D eigenvalue weighted by Crippen LogP contribution is 2.41. The predicted molar refractivity (Wildman–Crippen MR) is 134 cm³/mol. The lowest BCUT2D eigenvalue weighted by atomic mass is 10.00. The van der Waals surface area contributed by atoms with Crippen molar-refractivity contribution in [2.24, 2.45) is 0 Å². The number of rotatable bonds is 5. The number of methoxy groups -OCH3 is 2. The van der Waals surface area contributed by atoms with Crippen molar-refractivity contribution < 1.29 is 9.47 Å². The maximum Gasteiger partial charge on any atom is 0.164 e. The van der Waals surface area contributed by atoms with Crippen molar-refractivity contribution in [2.45, 2.75) is 6.92 Å². The number of fused-ring (bicyclic) bond motifs is 3. The molecule has 2 aromatic heterocycles. The van der Waals surface area contributed by atoms with E-state index in [9.17, 15) is 0 Å². The quantitative estimate of drug-likeness (QED) is 0.356. The van der Waals surface area contributed by atoms with Crippen LogP contribution in [-0.4, -0.2) is 43.1 Å². The van der Waals surface area contributed by atoms with E-state index >= 15 is 0 Å². The molecule has 0 fully saturated rings. The molecule has 166 valence electrons. The molecule has 3 aromatic carbocycles. The van der Waals surface area contributed by atoms with Gasteiger partial charge >= 0.3 is 0 Å². The summed E-state index contributed by atoms with van der Waals surface area (Å²) in [6.45, 7) is 2.02. The van der Waals surface area contributed by atoms with Crippen molar-refractivity contribution in [3.05, 3.63) is 72.4 Å². The van der Waals surface area contributed by atoms with Crippen LogP contribution < -0.4 is 14.4 Å². The molecule has 6 nitrogen and oxygen atoms in total. The molecule has 33 heavy (non-hydrogen) atoms. The summed E-state index contributed by atoms with van der Waals surface area (Å²) in [5.41, 5.74) is 5.72. The van der Waals surface area contributed by atoms with Gasteiger partial charge in [0.1, 0.15) is 0 Å². The maximum atomic E-state index is 5.63. The zero-order valence-electron chi connectivity index (χ0n) is 19.5. The first kappa shape index (κ1) is 20.8. The van der Waals surface area contributed by atoms with Crippen molar-refractivity contribution in [2.75, 3.05) is 33.2 Å². The molecule has 0 unspecified atom stereocenters. The number of hydrogen-bond acceptors (Lipinski definition) is 5. The number of anilines is 1. The van der Waals surface area contributed by atoms with Gasteiger partial charge in [-0.05, 0) is 43.3 Å². The maximum absolute atomic E-state index is 5.63. The van der Waals surface area contributed by atoms with Gasteiger partial charge in [-0.25, -0.2) is 9.67 Å². The highest BCUT2D eigenvalue weighted by atomic mass is 16.5. The molecule has 6 heteroatoms. The van der Waals surface area contributed by atoms with Crippen molar-refractivity contribution in [1.82, 2.24) is 14.8 Å². The summed E-state index contributed by atoms with van der Waals surface area (Å²) in [4.78, 5) is 7.25. The molecule has 0 amide bonds. The molecule has 5 rings (SSSR count). The lowest BCUT2D eigenvalue weighted by Gasteiger charge is -2.15. The third kappa shape index (κ3) is 3.44. The third-order valence-corrected chi connectivity index (χ3v) is 5.96. The highest BCUT2D eigenvalue weighted by molar-refractivity contribution is 6.12. The number of ether oxygens (including phenoxy) is 2. The van der Waals surface area contributed by atoms with E-state index in [2.05, 4.69) is 29.2 Å². The summed E-state index contributed by atoms with van der Waals surface area (Å²) in [7, 11) is 7.38. The Balaban J connectivity index is 1.89.